The minimum atomic E-state index is 0.0360. The van der Waals surface area contributed by atoms with Crippen molar-refractivity contribution < 1.29 is 9.53 Å². The van der Waals surface area contributed by atoms with Gasteiger partial charge in [0.15, 0.2) is 0 Å². The molecule has 0 atom stereocenters. The first-order chi connectivity index (χ1) is 10.6. The zero-order valence-corrected chi connectivity index (χ0v) is 14.0. The number of benzene rings is 1. The number of hydrogen-bond donors (Lipinski definition) is 0. The second kappa shape index (κ2) is 8.01. The van der Waals surface area contributed by atoms with Crippen LogP contribution in [0.15, 0.2) is 49.1 Å². The van der Waals surface area contributed by atoms with Gasteiger partial charge in [-0.3, -0.25) is 4.79 Å². The SMILES string of the molecule is C=CCN(Cc1ccc(Cl)s1)C(=O)Cc1ccccc1OC. The van der Waals surface area contributed by atoms with Crippen LogP contribution >= 0.6 is 22.9 Å². The third-order valence-electron chi connectivity index (χ3n) is 3.21. The van der Waals surface area contributed by atoms with Crippen LogP contribution in [0.5, 0.6) is 5.75 Å². The second-order valence-electron chi connectivity index (χ2n) is 4.76. The minimum absolute atomic E-state index is 0.0360. The normalized spacial score (nSPS) is 10.3. The molecule has 2 aromatic rings. The average Bonchev–Trinajstić information content (AvgIpc) is 2.92. The van der Waals surface area contributed by atoms with Crippen LogP contribution in [0, 0.1) is 0 Å². The van der Waals surface area contributed by atoms with Crippen LogP contribution < -0.4 is 4.74 Å². The van der Waals surface area contributed by atoms with Crippen molar-refractivity contribution >= 4 is 28.8 Å². The van der Waals surface area contributed by atoms with Crippen LogP contribution in [-0.2, 0) is 17.8 Å². The molecule has 0 N–H and O–H groups in total. The van der Waals surface area contributed by atoms with E-state index in [-0.39, 0.29) is 5.91 Å². The Morgan fingerprint density at radius 1 is 1.36 bits per heavy atom. The molecule has 0 saturated carbocycles. The van der Waals surface area contributed by atoms with Crippen LogP contribution in [0.4, 0.5) is 0 Å². The smallest absolute Gasteiger partial charge is 0.227 e. The molecule has 116 valence electrons. The number of rotatable bonds is 7. The third kappa shape index (κ3) is 4.36. The molecule has 0 aliphatic rings. The summed E-state index contributed by atoms with van der Waals surface area (Å²) in [5, 5.41) is 0. The number of ether oxygens (including phenoxy) is 1. The topological polar surface area (TPSA) is 29.5 Å². The molecule has 0 bridgehead atoms. The number of carbonyl (C=O) groups excluding carboxylic acids is 1. The fraction of sp³-hybridized carbons (Fsp3) is 0.235. The maximum Gasteiger partial charge on any atom is 0.227 e. The molecule has 2 rings (SSSR count). The first kappa shape index (κ1) is 16.6. The van der Waals surface area contributed by atoms with Gasteiger partial charge in [-0.05, 0) is 18.2 Å². The number of amides is 1. The highest BCUT2D eigenvalue weighted by Gasteiger charge is 2.16. The lowest BCUT2D eigenvalue weighted by atomic mass is 10.1. The summed E-state index contributed by atoms with van der Waals surface area (Å²) in [5.41, 5.74) is 0.883. The first-order valence-electron chi connectivity index (χ1n) is 6.88. The molecule has 0 saturated heterocycles. The van der Waals surface area contributed by atoms with Crippen molar-refractivity contribution in [1.29, 1.82) is 0 Å². The number of halogens is 1. The Balaban J connectivity index is 2.10. The highest BCUT2D eigenvalue weighted by molar-refractivity contribution is 7.16. The van der Waals surface area contributed by atoms with Crippen LogP contribution in [0.1, 0.15) is 10.4 Å². The molecule has 1 aromatic carbocycles. The standard InChI is InChI=1S/C17H18ClNO2S/c1-3-10-19(12-14-8-9-16(18)22-14)17(20)11-13-6-4-5-7-15(13)21-2/h3-9H,1,10-12H2,2H3. The predicted octanol–water partition coefficient (Wildman–Crippen LogP) is 4.17. The van der Waals surface area contributed by atoms with Crippen LogP contribution in [-0.4, -0.2) is 24.5 Å². The third-order valence-corrected chi connectivity index (χ3v) is 4.43. The van der Waals surface area contributed by atoms with Crippen molar-refractivity contribution in [2.45, 2.75) is 13.0 Å². The van der Waals surface area contributed by atoms with Gasteiger partial charge in [-0.15, -0.1) is 17.9 Å². The summed E-state index contributed by atoms with van der Waals surface area (Å²) < 4.78 is 6.03. The lowest BCUT2D eigenvalue weighted by Crippen LogP contribution is -2.31. The van der Waals surface area contributed by atoms with Gasteiger partial charge in [-0.1, -0.05) is 35.9 Å². The van der Waals surface area contributed by atoms with Gasteiger partial charge in [0.05, 0.1) is 24.4 Å². The number of carbonyl (C=O) groups is 1. The molecule has 0 unspecified atom stereocenters. The van der Waals surface area contributed by atoms with Gasteiger partial charge in [0.1, 0.15) is 5.75 Å². The zero-order valence-electron chi connectivity index (χ0n) is 12.4. The summed E-state index contributed by atoms with van der Waals surface area (Å²) in [6.07, 6.45) is 2.03. The molecular weight excluding hydrogens is 318 g/mol. The van der Waals surface area contributed by atoms with E-state index in [2.05, 4.69) is 6.58 Å². The minimum Gasteiger partial charge on any atom is -0.496 e. The Hall–Kier alpha value is -1.78. The van der Waals surface area contributed by atoms with E-state index >= 15 is 0 Å². The Kier molecular flexibility index (Phi) is 6.04. The van der Waals surface area contributed by atoms with Gasteiger partial charge < -0.3 is 9.64 Å². The lowest BCUT2D eigenvalue weighted by molar-refractivity contribution is -0.130. The van der Waals surface area contributed by atoms with E-state index in [0.29, 0.717) is 19.5 Å². The maximum atomic E-state index is 12.6. The van der Waals surface area contributed by atoms with Crippen molar-refractivity contribution in [2.24, 2.45) is 0 Å². The predicted molar refractivity (Wildman–Crippen MR) is 91.6 cm³/mol. The molecule has 0 aliphatic carbocycles. The summed E-state index contributed by atoms with van der Waals surface area (Å²) in [7, 11) is 1.61. The highest BCUT2D eigenvalue weighted by atomic mass is 35.5. The second-order valence-corrected chi connectivity index (χ2v) is 6.56. The fourth-order valence-electron chi connectivity index (χ4n) is 2.16. The molecule has 3 nitrogen and oxygen atoms in total. The molecule has 1 heterocycles. The Bertz CT molecular complexity index is 654. The van der Waals surface area contributed by atoms with Crippen molar-refractivity contribution in [3.8, 4) is 5.75 Å². The number of nitrogens with zero attached hydrogens (tertiary/aromatic N) is 1. The van der Waals surface area contributed by atoms with Crippen molar-refractivity contribution in [3.05, 3.63) is 63.8 Å². The molecule has 0 spiro atoms. The van der Waals surface area contributed by atoms with Gasteiger partial charge in [-0.25, -0.2) is 0 Å². The Labute approximate surface area is 139 Å². The van der Waals surface area contributed by atoms with E-state index in [9.17, 15) is 4.79 Å². The molecule has 1 amide bonds. The number of para-hydroxylation sites is 1. The number of hydrogen-bond acceptors (Lipinski definition) is 3. The van der Waals surface area contributed by atoms with Crippen LogP contribution in [0.25, 0.3) is 0 Å². The Morgan fingerprint density at radius 3 is 2.77 bits per heavy atom. The van der Waals surface area contributed by atoms with Gasteiger partial charge in [0.2, 0.25) is 5.91 Å². The number of thiophene rings is 1. The van der Waals surface area contributed by atoms with Crippen molar-refractivity contribution in [2.75, 3.05) is 13.7 Å². The van der Waals surface area contributed by atoms with E-state index in [1.807, 2.05) is 36.4 Å². The molecular formula is C17H18ClNO2S. The maximum absolute atomic E-state index is 12.6. The van der Waals surface area contributed by atoms with E-state index in [1.54, 1.807) is 18.1 Å². The van der Waals surface area contributed by atoms with Crippen molar-refractivity contribution in [3.63, 3.8) is 0 Å². The van der Waals surface area contributed by atoms with Gasteiger partial charge >= 0.3 is 0 Å². The Morgan fingerprint density at radius 2 is 2.14 bits per heavy atom. The zero-order chi connectivity index (χ0) is 15.9. The van der Waals surface area contributed by atoms with Crippen LogP contribution in [0.3, 0.4) is 0 Å². The lowest BCUT2D eigenvalue weighted by Gasteiger charge is -2.21. The highest BCUT2D eigenvalue weighted by Crippen LogP contribution is 2.24. The largest absolute Gasteiger partial charge is 0.496 e. The molecule has 5 heteroatoms. The fourth-order valence-corrected chi connectivity index (χ4v) is 3.26. The van der Waals surface area contributed by atoms with E-state index in [0.717, 1.165) is 20.5 Å². The summed E-state index contributed by atoms with van der Waals surface area (Å²) in [4.78, 5) is 15.4. The average molecular weight is 336 g/mol. The molecule has 1 aromatic heterocycles. The van der Waals surface area contributed by atoms with Gasteiger partial charge in [0.25, 0.3) is 0 Å². The van der Waals surface area contributed by atoms with Crippen LogP contribution in [0.2, 0.25) is 4.34 Å². The van der Waals surface area contributed by atoms with Gasteiger partial charge in [0, 0.05) is 17.0 Å². The molecule has 0 fully saturated rings. The first-order valence-corrected chi connectivity index (χ1v) is 8.08. The van der Waals surface area contributed by atoms with Crippen molar-refractivity contribution in [1.82, 2.24) is 4.90 Å². The molecule has 0 radical (unpaired) electrons. The van der Waals surface area contributed by atoms with E-state index < -0.39 is 0 Å². The molecule has 0 aliphatic heterocycles. The summed E-state index contributed by atoms with van der Waals surface area (Å²) >= 11 is 7.43. The van der Waals surface area contributed by atoms with Gasteiger partial charge in [-0.2, -0.15) is 0 Å². The molecule has 22 heavy (non-hydrogen) atoms. The van der Waals surface area contributed by atoms with E-state index in [1.165, 1.54) is 11.3 Å². The summed E-state index contributed by atoms with van der Waals surface area (Å²) in [5.74, 6) is 0.766. The quantitative estimate of drug-likeness (QED) is 0.711. The summed E-state index contributed by atoms with van der Waals surface area (Å²) in [6.45, 7) is 4.77. The number of methoxy groups -OCH3 is 1. The van der Waals surface area contributed by atoms with E-state index in [4.69, 9.17) is 16.3 Å². The summed E-state index contributed by atoms with van der Waals surface area (Å²) in [6, 6.07) is 11.4. The monoisotopic (exact) mass is 335 g/mol.